The Labute approximate surface area is 238 Å². The first-order valence-electron chi connectivity index (χ1n) is 12.6. The third-order valence-corrected chi connectivity index (χ3v) is 7.22. The molecule has 40 heavy (non-hydrogen) atoms. The lowest BCUT2D eigenvalue weighted by atomic mass is 10.1. The van der Waals surface area contributed by atoms with Crippen molar-refractivity contribution in [2.45, 2.75) is 6.42 Å². The number of hydrogen-bond donors (Lipinski definition) is 3. The fourth-order valence-electron chi connectivity index (χ4n) is 4.73. The van der Waals surface area contributed by atoms with Crippen molar-refractivity contribution in [3.63, 3.8) is 0 Å². The summed E-state index contributed by atoms with van der Waals surface area (Å²) in [6.45, 7) is 0.391. The Hall–Kier alpha value is -4.70. The second kappa shape index (κ2) is 10.8. The molecular weight excluding hydrogens is 574 g/mol. The summed E-state index contributed by atoms with van der Waals surface area (Å²) in [5.41, 5.74) is 4.34. The van der Waals surface area contributed by atoms with Crippen molar-refractivity contribution >= 4 is 44.2 Å². The zero-order valence-electron chi connectivity index (χ0n) is 21.5. The van der Waals surface area contributed by atoms with Crippen molar-refractivity contribution in [1.82, 2.24) is 20.3 Å². The van der Waals surface area contributed by atoms with Crippen LogP contribution >= 0.6 is 15.9 Å². The highest BCUT2D eigenvalue weighted by Crippen LogP contribution is 2.39. The lowest BCUT2D eigenvalue weighted by Gasteiger charge is -2.15. The van der Waals surface area contributed by atoms with Crippen molar-refractivity contribution in [2.75, 3.05) is 25.6 Å². The molecule has 0 atom stereocenters. The number of anilines is 1. The highest BCUT2D eigenvalue weighted by Gasteiger charge is 2.21. The molecule has 0 saturated heterocycles. The van der Waals surface area contributed by atoms with Gasteiger partial charge in [-0.05, 0) is 51.6 Å². The number of nitrogens with zero attached hydrogens (tertiary/aromatic N) is 2. The molecule has 2 amide bonds. The standard InChI is InChI=1S/C30H24BrN5O4/c1-39-26-14-18(29-32-11-10-24(36-29)25-15-20-23(34-25)9-12-33-30(20)38)13-21(31)28(26)40-16-27(37)35-22-8-4-6-17-5-2-3-7-19(17)22/h2-8,10-11,13-15,34H,9,12,16H2,1H3,(H,33,38)(H,35,37). The minimum absolute atomic E-state index is 0.0897. The monoisotopic (exact) mass is 597 g/mol. The summed E-state index contributed by atoms with van der Waals surface area (Å²) in [7, 11) is 1.53. The summed E-state index contributed by atoms with van der Waals surface area (Å²) in [5, 5.41) is 7.76. The van der Waals surface area contributed by atoms with Gasteiger partial charge in [-0.1, -0.05) is 36.4 Å². The second-order valence-corrected chi connectivity index (χ2v) is 10.1. The fourth-order valence-corrected chi connectivity index (χ4v) is 5.28. The van der Waals surface area contributed by atoms with Gasteiger partial charge in [-0.2, -0.15) is 0 Å². The summed E-state index contributed by atoms with van der Waals surface area (Å²) in [4.78, 5) is 37.4. The molecular formula is C30H24BrN5O4. The molecule has 10 heteroatoms. The van der Waals surface area contributed by atoms with Crippen LogP contribution in [0.15, 0.2) is 77.4 Å². The normalized spacial score (nSPS) is 12.5. The third kappa shape index (κ3) is 5.01. The predicted molar refractivity (Wildman–Crippen MR) is 156 cm³/mol. The Morgan fingerprint density at radius 1 is 1.10 bits per heavy atom. The molecule has 200 valence electrons. The summed E-state index contributed by atoms with van der Waals surface area (Å²) in [6, 6.07) is 20.8. The van der Waals surface area contributed by atoms with Gasteiger partial charge in [0.15, 0.2) is 23.9 Å². The van der Waals surface area contributed by atoms with Crippen molar-refractivity contribution < 1.29 is 19.1 Å². The molecule has 5 aromatic rings. The highest BCUT2D eigenvalue weighted by molar-refractivity contribution is 9.10. The van der Waals surface area contributed by atoms with Gasteiger partial charge in [0.2, 0.25) is 0 Å². The van der Waals surface area contributed by atoms with E-state index in [1.165, 1.54) is 7.11 Å². The zero-order chi connectivity index (χ0) is 27.6. The summed E-state index contributed by atoms with van der Waals surface area (Å²) in [6.07, 6.45) is 2.41. The van der Waals surface area contributed by atoms with E-state index in [4.69, 9.17) is 14.5 Å². The van der Waals surface area contributed by atoms with Crippen LogP contribution in [0.1, 0.15) is 16.1 Å². The Balaban J connectivity index is 1.21. The van der Waals surface area contributed by atoms with Crippen LogP contribution < -0.4 is 20.1 Å². The van der Waals surface area contributed by atoms with E-state index >= 15 is 0 Å². The minimum Gasteiger partial charge on any atom is -0.493 e. The van der Waals surface area contributed by atoms with Gasteiger partial charge >= 0.3 is 0 Å². The number of amides is 2. The van der Waals surface area contributed by atoms with Crippen LogP contribution in [0, 0.1) is 0 Å². The number of halogens is 1. The average Bonchev–Trinajstić information content (AvgIpc) is 3.42. The Bertz CT molecular complexity index is 1760. The maximum Gasteiger partial charge on any atom is 0.262 e. The first kappa shape index (κ1) is 25.6. The Morgan fingerprint density at radius 2 is 1.95 bits per heavy atom. The van der Waals surface area contributed by atoms with Crippen LogP contribution in [0.3, 0.4) is 0 Å². The molecule has 1 aliphatic rings. The quantitative estimate of drug-likeness (QED) is 0.232. The molecule has 3 heterocycles. The molecule has 0 fully saturated rings. The maximum absolute atomic E-state index is 12.8. The zero-order valence-corrected chi connectivity index (χ0v) is 23.0. The molecule has 0 radical (unpaired) electrons. The molecule has 3 aromatic carbocycles. The molecule has 0 bridgehead atoms. The largest absolute Gasteiger partial charge is 0.493 e. The van der Waals surface area contributed by atoms with Crippen molar-refractivity contribution in [2.24, 2.45) is 0 Å². The van der Waals surface area contributed by atoms with Gasteiger partial charge in [0.1, 0.15) is 0 Å². The van der Waals surface area contributed by atoms with Crippen LogP contribution in [0.2, 0.25) is 0 Å². The number of H-pyrrole nitrogens is 1. The molecule has 0 aliphatic carbocycles. The van der Waals surface area contributed by atoms with Crippen LogP contribution in [-0.4, -0.2) is 47.0 Å². The van der Waals surface area contributed by atoms with Crippen LogP contribution in [-0.2, 0) is 11.2 Å². The number of nitrogens with one attached hydrogen (secondary N) is 3. The minimum atomic E-state index is -0.298. The van der Waals surface area contributed by atoms with E-state index in [-0.39, 0.29) is 18.4 Å². The molecule has 0 unspecified atom stereocenters. The van der Waals surface area contributed by atoms with E-state index in [0.29, 0.717) is 50.8 Å². The van der Waals surface area contributed by atoms with Gasteiger partial charge < -0.3 is 25.1 Å². The predicted octanol–water partition coefficient (Wildman–Crippen LogP) is 5.37. The number of hydrogen-bond acceptors (Lipinski definition) is 6. The van der Waals surface area contributed by atoms with Gasteiger partial charge in [-0.15, -0.1) is 0 Å². The SMILES string of the molecule is COc1cc(-c2nccc(-c3cc4c([nH]3)CCNC4=O)n2)cc(Br)c1OCC(=O)Nc1cccc2ccccc12. The molecule has 2 aromatic heterocycles. The fraction of sp³-hybridized carbons (Fsp3) is 0.133. The molecule has 3 N–H and O–H groups in total. The van der Waals surface area contributed by atoms with E-state index in [1.54, 1.807) is 18.3 Å². The molecule has 6 rings (SSSR count). The smallest absolute Gasteiger partial charge is 0.262 e. The van der Waals surface area contributed by atoms with E-state index in [2.05, 4.69) is 36.5 Å². The van der Waals surface area contributed by atoms with Crippen LogP contribution in [0.5, 0.6) is 11.5 Å². The number of aromatic amines is 1. The second-order valence-electron chi connectivity index (χ2n) is 9.20. The maximum atomic E-state index is 12.8. The average molecular weight is 598 g/mol. The summed E-state index contributed by atoms with van der Waals surface area (Å²) in [5.74, 6) is 0.886. The van der Waals surface area contributed by atoms with Gasteiger partial charge in [0, 0.05) is 41.5 Å². The highest BCUT2D eigenvalue weighted by atomic mass is 79.9. The first-order valence-corrected chi connectivity index (χ1v) is 13.4. The van der Waals surface area contributed by atoms with E-state index in [9.17, 15) is 9.59 Å². The molecule has 1 aliphatic heterocycles. The topological polar surface area (TPSA) is 118 Å². The van der Waals surface area contributed by atoms with Crippen molar-refractivity contribution in [3.05, 3.63) is 88.7 Å². The molecule has 0 saturated carbocycles. The number of aromatic nitrogens is 3. The number of benzene rings is 3. The van der Waals surface area contributed by atoms with Gasteiger partial charge in [-0.3, -0.25) is 9.59 Å². The van der Waals surface area contributed by atoms with E-state index in [1.807, 2.05) is 54.6 Å². The number of rotatable bonds is 7. The Morgan fingerprint density at radius 3 is 2.80 bits per heavy atom. The van der Waals surface area contributed by atoms with Crippen LogP contribution in [0.4, 0.5) is 5.69 Å². The first-order chi connectivity index (χ1) is 19.5. The summed E-state index contributed by atoms with van der Waals surface area (Å²) >= 11 is 3.55. The number of fused-ring (bicyclic) bond motifs is 2. The third-order valence-electron chi connectivity index (χ3n) is 6.64. The number of carbonyl (C=O) groups is 2. The molecule has 9 nitrogen and oxygen atoms in total. The lowest BCUT2D eigenvalue weighted by Crippen LogP contribution is -2.31. The summed E-state index contributed by atoms with van der Waals surface area (Å²) < 4.78 is 12.0. The van der Waals surface area contributed by atoms with Crippen LogP contribution in [0.25, 0.3) is 33.5 Å². The number of methoxy groups -OCH3 is 1. The van der Waals surface area contributed by atoms with Gasteiger partial charge in [-0.25, -0.2) is 9.97 Å². The molecule has 0 spiro atoms. The van der Waals surface area contributed by atoms with Crippen molar-refractivity contribution in [3.8, 4) is 34.3 Å². The van der Waals surface area contributed by atoms with Gasteiger partial charge in [0.25, 0.3) is 11.8 Å². The number of ether oxygens (including phenoxy) is 2. The van der Waals surface area contributed by atoms with E-state index < -0.39 is 0 Å². The van der Waals surface area contributed by atoms with E-state index in [0.717, 1.165) is 28.6 Å². The number of carbonyl (C=O) groups excluding carboxylic acids is 2. The van der Waals surface area contributed by atoms with Crippen molar-refractivity contribution in [1.29, 1.82) is 0 Å². The van der Waals surface area contributed by atoms with Gasteiger partial charge in [0.05, 0.1) is 28.5 Å². The Kier molecular flexibility index (Phi) is 6.91. The lowest BCUT2D eigenvalue weighted by molar-refractivity contribution is -0.118.